The fourth-order valence-electron chi connectivity index (χ4n) is 3.53. The normalized spacial score (nSPS) is 26.1. The minimum atomic E-state index is -0.532. The minimum Gasteiger partial charge on any atom is -0.389 e. The third-order valence-electron chi connectivity index (χ3n) is 4.55. The predicted molar refractivity (Wildman–Crippen MR) is 86.0 cm³/mol. The van der Waals surface area contributed by atoms with Gasteiger partial charge in [-0.25, -0.2) is 0 Å². The number of nitrogens with one attached hydrogen (secondary N) is 1. The smallest absolute Gasteiger partial charge is 0.0774 e. The van der Waals surface area contributed by atoms with Crippen LogP contribution in [0.15, 0.2) is 36.5 Å². The Morgan fingerprint density at radius 1 is 1.33 bits per heavy atom. The molecule has 2 atom stereocenters. The van der Waals surface area contributed by atoms with Gasteiger partial charge in [0.15, 0.2) is 0 Å². The Morgan fingerprint density at radius 2 is 2.19 bits per heavy atom. The second-order valence-electron chi connectivity index (χ2n) is 6.52. The molecule has 2 N–H and O–H groups in total. The summed E-state index contributed by atoms with van der Waals surface area (Å²) in [5, 5.41) is 15.3. The van der Waals surface area contributed by atoms with E-state index >= 15 is 0 Å². The topological polar surface area (TPSA) is 45.1 Å². The SMILES string of the molecule is CC1CCCC(O)(CNCc2cccc3cccnc23)C1. The number of rotatable bonds is 4. The zero-order chi connectivity index (χ0) is 14.7. The van der Waals surface area contributed by atoms with E-state index in [-0.39, 0.29) is 0 Å². The number of aromatic nitrogens is 1. The molecular formula is C18H24N2O. The Morgan fingerprint density at radius 3 is 3.05 bits per heavy atom. The van der Waals surface area contributed by atoms with Crippen LogP contribution in [0.1, 0.15) is 38.2 Å². The third kappa shape index (κ3) is 3.42. The highest BCUT2D eigenvalue weighted by molar-refractivity contribution is 5.81. The van der Waals surface area contributed by atoms with Crippen molar-refractivity contribution in [3.63, 3.8) is 0 Å². The number of benzene rings is 1. The number of pyridine rings is 1. The summed E-state index contributed by atoms with van der Waals surface area (Å²) in [7, 11) is 0. The van der Waals surface area contributed by atoms with E-state index in [0.717, 1.165) is 31.3 Å². The molecule has 1 heterocycles. The number of aliphatic hydroxyl groups is 1. The van der Waals surface area contributed by atoms with Gasteiger partial charge in [0.1, 0.15) is 0 Å². The number of fused-ring (bicyclic) bond motifs is 1. The maximum Gasteiger partial charge on any atom is 0.0774 e. The van der Waals surface area contributed by atoms with E-state index in [4.69, 9.17) is 0 Å². The van der Waals surface area contributed by atoms with E-state index in [1.807, 2.05) is 12.3 Å². The Bertz CT molecular complexity index is 608. The van der Waals surface area contributed by atoms with Gasteiger partial charge in [0.05, 0.1) is 11.1 Å². The van der Waals surface area contributed by atoms with Crippen molar-refractivity contribution in [1.82, 2.24) is 10.3 Å². The highest BCUT2D eigenvalue weighted by Gasteiger charge is 2.31. The van der Waals surface area contributed by atoms with Crippen LogP contribution in [0.25, 0.3) is 10.9 Å². The van der Waals surface area contributed by atoms with Gasteiger partial charge in [0, 0.05) is 24.7 Å². The van der Waals surface area contributed by atoms with E-state index in [9.17, 15) is 5.11 Å². The molecule has 3 rings (SSSR count). The van der Waals surface area contributed by atoms with Crippen LogP contribution in [-0.4, -0.2) is 22.2 Å². The van der Waals surface area contributed by atoms with Crippen molar-refractivity contribution < 1.29 is 5.11 Å². The van der Waals surface area contributed by atoms with Crippen molar-refractivity contribution in [3.05, 3.63) is 42.1 Å². The fraction of sp³-hybridized carbons (Fsp3) is 0.500. The Hall–Kier alpha value is -1.45. The zero-order valence-electron chi connectivity index (χ0n) is 12.7. The quantitative estimate of drug-likeness (QED) is 0.905. The predicted octanol–water partition coefficient (Wildman–Crippen LogP) is 3.27. The van der Waals surface area contributed by atoms with Crippen LogP contribution in [0.3, 0.4) is 0 Å². The van der Waals surface area contributed by atoms with E-state index in [2.05, 4.69) is 41.5 Å². The molecule has 2 aromatic rings. The number of hydrogen-bond donors (Lipinski definition) is 2. The minimum absolute atomic E-state index is 0.532. The fourth-order valence-corrected chi connectivity index (χ4v) is 3.53. The van der Waals surface area contributed by atoms with Crippen molar-refractivity contribution in [2.45, 2.75) is 44.8 Å². The van der Waals surface area contributed by atoms with Crippen molar-refractivity contribution in [1.29, 1.82) is 0 Å². The molecule has 1 fully saturated rings. The largest absolute Gasteiger partial charge is 0.389 e. The molecule has 0 bridgehead atoms. The molecule has 3 nitrogen and oxygen atoms in total. The summed E-state index contributed by atoms with van der Waals surface area (Å²) in [6.45, 7) is 3.66. The lowest BCUT2D eigenvalue weighted by Crippen LogP contribution is -2.43. The molecule has 0 saturated heterocycles. The number of hydrogen-bond acceptors (Lipinski definition) is 3. The summed E-state index contributed by atoms with van der Waals surface area (Å²) in [6.07, 6.45) is 6.04. The molecule has 1 saturated carbocycles. The van der Waals surface area contributed by atoms with Gasteiger partial charge >= 0.3 is 0 Å². The highest BCUT2D eigenvalue weighted by Crippen LogP contribution is 2.31. The second-order valence-corrected chi connectivity index (χ2v) is 6.52. The van der Waals surface area contributed by atoms with Gasteiger partial charge in [-0.3, -0.25) is 4.98 Å². The average Bonchev–Trinajstić information content (AvgIpc) is 2.47. The van der Waals surface area contributed by atoms with Crippen LogP contribution in [0, 0.1) is 5.92 Å². The van der Waals surface area contributed by atoms with E-state index < -0.39 is 5.60 Å². The van der Waals surface area contributed by atoms with Gasteiger partial charge in [0.2, 0.25) is 0 Å². The summed E-state index contributed by atoms with van der Waals surface area (Å²) in [6, 6.07) is 10.3. The molecule has 0 amide bonds. The summed E-state index contributed by atoms with van der Waals surface area (Å²) < 4.78 is 0. The van der Waals surface area contributed by atoms with Gasteiger partial charge in [-0.2, -0.15) is 0 Å². The Labute approximate surface area is 126 Å². The number of para-hydroxylation sites is 1. The van der Waals surface area contributed by atoms with Crippen molar-refractivity contribution in [3.8, 4) is 0 Å². The van der Waals surface area contributed by atoms with Gasteiger partial charge in [0.25, 0.3) is 0 Å². The molecule has 1 aromatic heterocycles. The second kappa shape index (κ2) is 6.12. The molecule has 112 valence electrons. The monoisotopic (exact) mass is 284 g/mol. The average molecular weight is 284 g/mol. The molecule has 0 aliphatic heterocycles. The van der Waals surface area contributed by atoms with Crippen LogP contribution < -0.4 is 5.32 Å². The maximum absolute atomic E-state index is 10.7. The third-order valence-corrected chi connectivity index (χ3v) is 4.55. The summed E-state index contributed by atoms with van der Waals surface area (Å²) in [4.78, 5) is 4.47. The van der Waals surface area contributed by atoms with Gasteiger partial charge < -0.3 is 10.4 Å². The molecule has 21 heavy (non-hydrogen) atoms. The van der Waals surface area contributed by atoms with Crippen LogP contribution in [0.4, 0.5) is 0 Å². The first-order valence-corrected chi connectivity index (χ1v) is 7.92. The Balaban J connectivity index is 1.64. The lowest BCUT2D eigenvalue weighted by molar-refractivity contribution is -0.0119. The van der Waals surface area contributed by atoms with Crippen LogP contribution >= 0.6 is 0 Å². The molecule has 0 radical (unpaired) electrons. The van der Waals surface area contributed by atoms with Crippen molar-refractivity contribution >= 4 is 10.9 Å². The van der Waals surface area contributed by atoms with E-state index in [0.29, 0.717) is 12.5 Å². The molecule has 3 heteroatoms. The molecular weight excluding hydrogens is 260 g/mol. The maximum atomic E-state index is 10.7. The van der Waals surface area contributed by atoms with Crippen molar-refractivity contribution in [2.75, 3.05) is 6.54 Å². The van der Waals surface area contributed by atoms with Crippen LogP contribution in [0.2, 0.25) is 0 Å². The lowest BCUT2D eigenvalue weighted by Gasteiger charge is -2.35. The summed E-state index contributed by atoms with van der Waals surface area (Å²) >= 11 is 0. The molecule has 1 aliphatic rings. The lowest BCUT2D eigenvalue weighted by atomic mass is 9.79. The molecule has 1 aliphatic carbocycles. The van der Waals surface area contributed by atoms with E-state index in [1.165, 1.54) is 17.4 Å². The summed E-state index contributed by atoms with van der Waals surface area (Å²) in [5.74, 6) is 0.629. The van der Waals surface area contributed by atoms with Gasteiger partial charge in [-0.1, -0.05) is 44.0 Å². The van der Waals surface area contributed by atoms with Gasteiger partial charge in [-0.15, -0.1) is 0 Å². The standard InChI is InChI=1S/C18H24N2O/c1-14-5-3-9-18(21,11-14)13-19-12-16-7-2-6-15-8-4-10-20-17(15)16/h2,4,6-8,10,14,19,21H,3,5,9,11-13H2,1H3. The van der Waals surface area contributed by atoms with Gasteiger partial charge in [-0.05, 0) is 30.4 Å². The van der Waals surface area contributed by atoms with Crippen LogP contribution in [-0.2, 0) is 6.54 Å². The molecule has 1 aromatic carbocycles. The van der Waals surface area contributed by atoms with E-state index in [1.54, 1.807) is 0 Å². The zero-order valence-corrected chi connectivity index (χ0v) is 12.7. The molecule has 0 spiro atoms. The highest BCUT2D eigenvalue weighted by atomic mass is 16.3. The molecule has 2 unspecified atom stereocenters. The van der Waals surface area contributed by atoms with Crippen LogP contribution in [0.5, 0.6) is 0 Å². The summed E-state index contributed by atoms with van der Waals surface area (Å²) in [5.41, 5.74) is 1.72. The first-order valence-electron chi connectivity index (χ1n) is 7.92. The first kappa shape index (κ1) is 14.5. The number of nitrogens with zero attached hydrogens (tertiary/aromatic N) is 1. The first-order chi connectivity index (χ1) is 10.2. The Kier molecular flexibility index (Phi) is 4.22. The van der Waals surface area contributed by atoms with Crippen molar-refractivity contribution in [2.24, 2.45) is 5.92 Å².